The predicted octanol–water partition coefficient (Wildman–Crippen LogP) is 3.80. The fourth-order valence-corrected chi connectivity index (χ4v) is 2.35. The molecule has 1 aromatic carbocycles. The van der Waals surface area contributed by atoms with E-state index in [1.165, 1.54) is 24.1 Å². The van der Waals surface area contributed by atoms with Gasteiger partial charge in [0.25, 0.3) is 5.91 Å². The number of hydrogen-bond acceptors (Lipinski definition) is 2. The zero-order valence-electron chi connectivity index (χ0n) is 11.2. The summed E-state index contributed by atoms with van der Waals surface area (Å²) in [5, 5.41) is 0. The lowest BCUT2D eigenvalue weighted by atomic mass is 10.1. The molecular formula is C13H14BrClF3NO2. The molecule has 0 aliphatic heterocycles. The Balaban J connectivity index is 3.05. The van der Waals surface area contributed by atoms with Crippen LogP contribution < -0.4 is 0 Å². The molecule has 0 aromatic heterocycles. The van der Waals surface area contributed by atoms with Gasteiger partial charge in [0.15, 0.2) is 0 Å². The summed E-state index contributed by atoms with van der Waals surface area (Å²) in [6.45, 7) is 0.784. The number of amides is 1. The predicted molar refractivity (Wildman–Crippen MR) is 77.6 cm³/mol. The second-order valence-corrected chi connectivity index (χ2v) is 5.40. The Hall–Kier alpha value is -0.790. The highest BCUT2D eigenvalue weighted by atomic mass is 79.9. The van der Waals surface area contributed by atoms with Crippen molar-refractivity contribution in [2.45, 2.75) is 6.18 Å². The minimum Gasteiger partial charge on any atom is -0.383 e. The zero-order chi connectivity index (χ0) is 16.0. The molecule has 0 saturated carbocycles. The van der Waals surface area contributed by atoms with Crippen LogP contribution in [0.4, 0.5) is 13.2 Å². The summed E-state index contributed by atoms with van der Waals surface area (Å²) in [4.78, 5) is 13.6. The molecule has 1 aromatic rings. The molecule has 1 amide bonds. The summed E-state index contributed by atoms with van der Waals surface area (Å²) in [6.07, 6.45) is -4.53. The molecule has 8 heteroatoms. The monoisotopic (exact) mass is 387 g/mol. The number of hydrogen-bond donors (Lipinski definition) is 0. The van der Waals surface area contributed by atoms with Gasteiger partial charge in [-0.15, -0.1) is 11.6 Å². The Morgan fingerprint density at radius 2 is 2.05 bits per heavy atom. The van der Waals surface area contributed by atoms with Gasteiger partial charge in [-0.2, -0.15) is 13.2 Å². The average Bonchev–Trinajstić information content (AvgIpc) is 2.42. The molecule has 0 atom stereocenters. The quantitative estimate of drug-likeness (QED) is 0.694. The van der Waals surface area contributed by atoms with E-state index < -0.39 is 17.6 Å². The van der Waals surface area contributed by atoms with Crippen LogP contribution in [0.25, 0.3) is 0 Å². The molecule has 0 heterocycles. The number of benzene rings is 1. The maximum atomic E-state index is 12.8. The van der Waals surface area contributed by atoms with Gasteiger partial charge in [-0.25, -0.2) is 0 Å². The fourth-order valence-electron chi connectivity index (χ4n) is 1.68. The average molecular weight is 389 g/mol. The SMILES string of the molecule is COCCN(CCCl)C(=O)c1ccc(Br)c(C(F)(F)F)c1. The van der Waals surface area contributed by atoms with Crippen molar-refractivity contribution in [3.05, 3.63) is 33.8 Å². The van der Waals surface area contributed by atoms with Crippen LogP contribution in [0.2, 0.25) is 0 Å². The number of halogens is 5. The summed E-state index contributed by atoms with van der Waals surface area (Å²) in [6, 6.07) is 3.39. The number of nitrogens with zero attached hydrogens (tertiary/aromatic N) is 1. The highest BCUT2D eigenvalue weighted by molar-refractivity contribution is 9.10. The number of rotatable bonds is 6. The molecule has 0 bridgehead atoms. The second kappa shape index (κ2) is 8.00. The summed E-state index contributed by atoms with van der Waals surface area (Å²) in [7, 11) is 1.48. The summed E-state index contributed by atoms with van der Waals surface area (Å²) < 4.78 is 43.3. The molecule has 1 rings (SSSR count). The molecule has 0 fully saturated rings. The van der Waals surface area contributed by atoms with E-state index in [4.69, 9.17) is 16.3 Å². The topological polar surface area (TPSA) is 29.5 Å². The number of methoxy groups -OCH3 is 1. The van der Waals surface area contributed by atoms with Crippen LogP contribution in [0.15, 0.2) is 22.7 Å². The van der Waals surface area contributed by atoms with Gasteiger partial charge in [0.1, 0.15) is 0 Å². The first kappa shape index (κ1) is 18.3. The van der Waals surface area contributed by atoms with Crippen LogP contribution in [0, 0.1) is 0 Å². The van der Waals surface area contributed by atoms with Crippen LogP contribution in [0.1, 0.15) is 15.9 Å². The third-order valence-electron chi connectivity index (χ3n) is 2.73. The maximum Gasteiger partial charge on any atom is 0.417 e. The fraction of sp³-hybridized carbons (Fsp3) is 0.462. The Morgan fingerprint density at radius 1 is 1.38 bits per heavy atom. The molecule has 0 aliphatic carbocycles. The van der Waals surface area contributed by atoms with E-state index >= 15 is 0 Å². The van der Waals surface area contributed by atoms with Crippen molar-refractivity contribution < 1.29 is 22.7 Å². The Labute approximate surface area is 134 Å². The van der Waals surface area contributed by atoms with Crippen LogP contribution in [-0.4, -0.2) is 43.5 Å². The minimum absolute atomic E-state index is 0.0354. The largest absolute Gasteiger partial charge is 0.417 e. The summed E-state index contributed by atoms with van der Waals surface area (Å²) in [5.74, 6) is -0.316. The summed E-state index contributed by atoms with van der Waals surface area (Å²) >= 11 is 8.45. The molecular weight excluding hydrogens is 374 g/mol. The van der Waals surface area contributed by atoms with Gasteiger partial charge in [-0.3, -0.25) is 4.79 Å². The number of ether oxygens (including phenoxy) is 1. The van der Waals surface area contributed by atoms with E-state index in [2.05, 4.69) is 15.9 Å². The van der Waals surface area contributed by atoms with E-state index in [1.807, 2.05) is 0 Å². The van der Waals surface area contributed by atoms with Crippen LogP contribution in [0.5, 0.6) is 0 Å². The number of carbonyl (C=O) groups is 1. The first-order valence-corrected chi connectivity index (χ1v) is 7.35. The van der Waals surface area contributed by atoms with Crippen molar-refractivity contribution in [2.75, 3.05) is 32.7 Å². The molecule has 3 nitrogen and oxygen atoms in total. The van der Waals surface area contributed by atoms with Gasteiger partial charge in [-0.1, -0.05) is 15.9 Å². The lowest BCUT2D eigenvalue weighted by molar-refractivity contribution is -0.138. The van der Waals surface area contributed by atoms with E-state index in [1.54, 1.807) is 0 Å². The Morgan fingerprint density at radius 3 is 2.57 bits per heavy atom. The van der Waals surface area contributed by atoms with Gasteiger partial charge >= 0.3 is 6.18 Å². The molecule has 0 spiro atoms. The van der Waals surface area contributed by atoms with E-state index in [9.17, 15) is 18.0 Å². The molecule has 21 heavy (non-hydrogen) atoms. The van der Waals surface area contributed by atoms with Crippen LogP contribution >= 0.6 is 27.5 Å². The number of carbonyl (C=O) groups excluding carboxylic acids is 1. The van der Waals surface area contributed by atoms with E-state index in [0.717, 1.165) is 6.07 Å². The first-order valence-electron chi connectivity index (χ1n) is 6.02. The van der Waals surface area contributed by atoms with Crippen molar-refractivity contribution in [3.63, 3.8) is 0 Å². The van der Waals surface area contributed by atoms with Crippen molar-refractivity contribution in [1.29, 1.82) is 0 Å². The van der Waals surface area contributed by atoms with Crippen molar-refractivity contribution in [1.82, 2.24) is 4.90 Å². The van der Waals surface area contributed by atoms with Crippen LogP contribution in [0.3, 0.4) is 0 Å². The van der Waals surface area contributed by atoms with E-state index in [-0.39, 0.29) is 35.6 Å². The first-order chi connectivity index (χ1) is 9.81. The van der Waals surface area contributed by atoms with Gasteiger partial charge in [0.05, 0.1) is 12.2 Å². The van der Waals surface area contributed by atoms with Crippen molar-refractivity contribution in [2.24, 2.45) is 0 Å². The number of alkyl halides is 4. The zero-order valence-corrected chi connectivity index (χ0v) is 13.6. The van der Waals surface area contributed by atoms with Crippen LogP contribution in [-0.2, 0) is 10.9 Å². The van der Waals surface area contributed by atoms with Crippen molar-refractivity contribution in [3.8, 4) is 0 Å². The normalized spacial score (nSPS) is 11.5. The van der Waals surface area contributed by atoms with Gasteiger partial charge in [0.2, 0.25) is 0 Å². The molecule has 0 radical (unpaired) electrons. The Kier molecular flexibility index (Phi) is 6.96. The van der Waals surface area contributed by atoms with Gasteiger partial charge in [0, 0.05) is 36.1 Å². The third-order valence-corrected chi connectivity index (χ3v) is 3.59. The Bertz CT molecular complexity index is 497. The van der Waals surface area contributed by atoms with Gasteiger partial charge in [-0.05, 0) is 18.2 Å². The van der Waals surface area contributed by atoms with E-state index in [0.29, 0.717) is 0 Å². The molecule has 118 valence electrons. The smallest absolute Gasteiger partial charge is 0.383 e. The maximum absolute atomic E-state index is 12.8. The van der Waals surface area contributed by atoms with Gasteiger partial charge < -0.3 is 9.64 Å². The third kappa shape index (κ3) is 5.16. The molecule has 0 aliphatic rings. The minimum atomic E-state index is -4.53. The molecule has 0 unspecified atom stereocenters. The summed E-state index contributed by atoms with van der Waals surface area (Å²) in [5.41, 5.74) is -0.919. The van der Waals surface area contributed by atoms with Crippen molar-refractivity contribution >= 4 is 33.4 Å². The molecule has 0 saturated heterocycles. The second-order valence-electron chi connectivity index (χ2n) is 4.17. The lowest BCUT2D eigenvalue weighted by Crippen LogP contribution is -2.35. The highest BCUT2D eigenvalue weighted by Crippen LogP contribution is 2.35. The highest BCUT2D eigenvalue weighted by Gasteiger charge is 2.34. The lowest BCUT2D eigenvalue weighted by Gasteiger charge is -2.22. The molecule has 0 N–H and O–H groups in total. The standard InChI is InChI=1S/C13H14BrClF3NO2/c1-21-7-6-19(5-4-15)12(20)9-2-3-11(14)10(8-9)13(16,17)18/h2-3,8H,4-7H2,1H3.